The van der Waals surface area contributed by atoms with Crippen LogP contribution < -0.4 is 14.4 Å². The number of amides is 1. The number of nitrogens with one attached hydrogen (secondary N) is 1. The fourth-order valence-corrected chi connectivity index (χ4v) is 3.24. The van der Waals surface area contributed by atoms with Gasteiger partial charge in [0.1, 0.15) is 12.4 Å². The first kappa shape index (κ1) is 15.8. The second-order valence-corrected chi connectivity index (χ2v) is 6.89. The van der Waals surface area contributed by atoms with Crippen molar-refractivity contribution in [3.63, 3.8) is 0 Å². The van der Waals surface area contributed by atoms with Crippen LogP contribution in [0.25, 0.3) is 0 Å². The summed E-state index contributed by atoms with van der Waals surface area (Å²) in [5.41, 5.74) is 0.513. The Morgan fingerprint density at radius 2 is 2.14 bits per heavy atom. The topological polar surface area (TPSA) is 75.7 Å². The predicted octanol–water partition coefficient (Wildman–Crippen LogP) is 1.37. The third-order valence-corrected chi connectivity index (χ3v) is 4.74. The van der Waals surface area contributed by atoms with E-state index < -0.39 is 10.0 Å². The lowest BCUT2D eigenvalue weighted by Crippen LogP contribution is -2.40. The average molecular weight is 312 g/mol. The van der Waals surface area contributed by atoms with Crippen LogP contribution in [0.2, 0.25) is 0 Å². The van der Waals surface area contributed by atoms with Crippen molar-refractivity contribution < 1.29 is 17.9 Å². The highest BCUT2D eigenvalue weighted by molar-refractivity contribution is 7.89. The Hall–Kier alpha value is -1.60. The van der Waals surface area contributed by atoms with Crippen molar-refractivity contribution in [3.05, 3.63) is 18.2 Å². The van der Waals surface area contributed by atoms with Crippen molar-refractivity contribution in [2.24, 2.45) is 5.92 Å². The van der Waals surface area contributed by atoms with Gasteiger partial charge in [0.05, 0.1) is 17.1 Å². The van der Waals surface area contributed by atoms with Gasteiger partial charge in [0.15, 0.2) is 0 Å². The molecule has 7 heteroatoms. The van der Waals surface area contributed by atoms with Gasteiger partial charge in [-0.1, -0.05) is 20.8 Å². The number of nitrogens with zero attached hydrogens (tertiary/aromatic N) is 1. The van der Waals surface area contributed by atoms with Crippen LogP contribution >= 0.6 is 0 Å². The lowest BCUT2D eigenvalue weighted by molar-refractivity contribution is -0.121. The van der Waals surface area contributed by atoms with E-state index in [0.717, 1.165) is 0 Å². The highest BCUT2D eigenvalue weighted by Crippen LogP contribution is 2.34. The van der Waals surface area contributed by atoms with Crippen molar-refractivity contribution in [1.29, 1.82) is 0 Å². The molecule has 0 saturated heterocycles. The Kier molecular flexibility index (Phi) is 4.53. The highest BCUT2D eigenvalue weighted by Gasteiger charge is 2.27. The van der Waals surface area contributed by atoms with Gasteiger partial charge in [-0.15, -0.1) is 0 Å². The van der Waals surface area contributed by atoms with Crippen molar-refractivity contribution in [2.75, 3.05) is 24.6 Å². The number of hydrogen-bond donors (Lipinski definition) is 1. The van der Waals surface area contributed by atoms with E-state index in [4.69, 9.17) is 4.74 Å². The smallest absolute Gasteiger partial charge is 0.240 e. The number of sulfonamides is 1. The molecule has 1 aliphatic heterocycles. The summed E-state index contributed by atoms with van der Waals surface area (Å²) in [6.07, 6.45) is 0. The number of anilines is 1. The lowest BCUT2D eigenvalue weighted by Gasteiger charge is -2.31. The minimum atomic E-state index is -3.56. The minimum absolute atomic E-state index is 0.0439. The van der Waals surface area contributed by atoms with Crippen molar-refractivity contribution in [1.82, 2.24) is 4.72 Å². The first-order valence-electron chi connectivity index (χ1n) is 6.94. The van der Waals surface area contributed by atoms with Crippen LogP contribution in [0.3, 0.4) is 0 Å². The number of hydrogen-bond acceptors (Lipinski definition) is 4. The Bertz CT molecular complexity index is 640. The molecule has 21 heavy (non-hydrogen) atoms. The van der Waals surface area contributed by atoms with Gasteiger partial charge in [0.2, 0.25) is 15.9 Å². The van der Waals surface area contributed by atoms with E-state index in [-0.39, 0.29) is 16.7 Å². The number of benzene rings is 1. The second-order valence-electron chi connectivity index (χ2n) is 5.12. The number of ether oxygens (including phenoxy) is 1. The number of carbonyl (C=O) groups excluding carboxylic acids is 1. The predicted molar refractivity (Wildman–Crippen MR) is 80.0 cm³/mol. The maximum absolute atomic E-state index is 12.3. The maximum Gasteiger partial charge on any atom is 0.240 e. The molecule has 0 bridgehead atoms. The Balaban J connectivity index is 2.45. The number of fused-ring (bicyclic) bond motifs is 1. The fraction of sp³-hybridized carbons (Fsp3) is 0.500. The molecule has 6 nitrogen and oxygen atoms in total. The third kappa shape index (κ3) is 3.19. The quantitative estimate of drug-likeness (QED) is 0.911. The largest absolute Gasteiger partial charge is 0.490 e. The van der Waals surface area contributed by atoms with Crippen LogP contribution in [-0.2, 0) is 14.8 Å². The van der Waals surface area contributed by atoms with Crippen LogP contribution in [-0.4, -0.2) is 34.0 Å². The van der Waals surface area contributed by atoms with Gasteiger partial charge in [-0.2, -0.15) is 0 Å². The summed E-state index contributed by atoms with van der Waals surface area (Å²) < 4.78 is 32.1. The SMILES string of the molecule is CCNS(=O)(=O)c1ccc2c(c1)N(C(=O)C(C)C)CCO2. The molecule has 0 radical (unpaired) electrons. The Morgan fingerprint density at radius 3 is 2.76 bits per heavy atom. The molecule has 116 valence electrons. The van der Waals surface area contributed by atoms with Crippen LogP contribution in [0.15, 0.2) is 23.1 Å². The summed E-state index contributed by atoms with van der Waals surface area (Å²) in [6, 6.07) is 4.58. The highest BCUT2D eigenvalue weighted by atomic mass is 32.2. The fourth-order valence-electron chi connectivity index (χ4n) is 2.18. The summed E-state index contributed by atoms with van der Waals surface area (Å²) in [5, 5.41) is 0. The molecule has 0 spiro atoms. The van der Waals surface area contributed by atoms with E-state index in [1.807, 2.05) is 13.8 Å². The molecule has 0 unspecified atom stereocenters. The lowest BCUT2D eigenvalue weighted by atomic mass is 10.1. The van der Waals surface area contributed by atoms with Crippen LogP contribution in [0, 0.1) is 5.92 Å². The van der Waals surface area contributed by atoms with E-state index in [2.05, 4.69) is 4.72 Å². The van der Waals surface area contributed by atoms with Gasteiger partial charge in [0.25, 0.3) is 0 Å². The normalized spacial score (nSPS) is 14.8. The molecule has 1 aromatic carbocycles. The van der Waals surface area contributed by atoms with Gasteiger partial charge >= 0.3 is 0 Å². The van der Waals surface area contributed by atoms with E-state index in [9.17, 15) is 13.2 Å². The van der Waals surface area contributed by atoms with Gasteiger partial charge in [-0.25, -0.2) is 13.1 Å². The monoisotopic (exact) mass is 312 g/mol. The molecule has 0 aliphatic carbocycles. The molecule has 0 aromatic heterocycles. The first-order chi connectivity index (χ1) is 9.86. The van der Waals surface area contributed by atoms with Crippen LogP contribution in [0.4, 0.5) is 5.69 Å². The number of rotatable bonds is 4. The van der Waals surface area contributed by atoms with Crippen molar-refractivity contribution in [3.8, 4) is 5.75 Å². The molecule has 0 atom stereocenters. The van der Waals surface area contributed by atoms with Crippen LogP contribution in [0.1, 0.15) is 20.8 Å². The van der Waals surface area contributed by atoms with Gasteiger partial charge in [-0.3, -0.25) is 4.79 Å². The summed E-state index contributed by atoms with van der Waals surface area (Å²) in [4.78, 5) is 14.0. The minimum Gasteiger partial charge on any atom is -0.490 e. The molecular formula is C14H20N2O4S. The Labute approximate surface area is 125 Å². The van der Waals surface area contributed by atoms with Crippen molar-refractivity contribution >= 4 is 21.6 Å². The van der Waals surface area contributed by atoms with Gasteiger partial charge < -0.3 is 9.64 Å². The van der Waals surface area contributed by atoms with E-state index in [0.29, 0.717) is 31.1 Å². The summed E-state index contributed by atoms with van der Waals surface area (Å²) in [7, 11) is -3.56. The molecule has 1 aromatic rings. The maximum atomic E-state index is 12.3. The van der Waals surface area contributed by atoms with Crippen molar-refractivity contribution in [2.45, 2.75) is 25.7 Å². The second kappa shape index (κ2) is 6.03. The van der Waals surface area contributed by atoms with Gasteiger partial charge in [-0.05, 0) is 18.2 Å². The van der Waals surface area contributed by atoms with E-state index in [1.165, 1.54) is 12.1 Å². The zero-order valence-corrected chi connectivity index (χ0v) is 13.2. The molecule has 1 heterocycles. The summed E-state index contributed by atoms with van der Waals surface area (Å²) in [6.45, 7) is 6.49. The molecule has 1 aliphatic rings. The molecule has 2 rings (SSSR count). The molecule has 1 amide bonds. The zero-order chi connectivity index (χ0) is 15.6. The van der Waals surface area contributed by atoms with Crippen LogP contribution in [0.5, 0.6) is 5.75 Å². The molecular weight excluding hydrogens is 292 g/mol. The molecule has 0 fully saturated rings. The van der Waals surface area contributed by atoms with Gasteiger partial charge in [0, 0.05) is 12.5 Å². The third-order valence-electron chi connectivity index (χ3n) is 3.20. The van der Waals surface area contributed by atoms with E-state index in [1.54, 1.807) is 17.9 Å². The standard InChI is InChI=1S/C14H20N2O4S/c1-4-15-21(18,19)11-5-6-13-12(9-11)16(7-8-20-13)14(17)10(2)3/h5-6,9-10,15H,4,7-8H2,1-3H3. The summed E-state index contributed by atoms with van der Waals surface area (Å²) >= 11 is 0. The summed E-state index contributed by atoms with van der Waals surface area (Å²) in [5.74, 6) is 0.327. The number of carbonyl (C=O) groups is 1. The van der Waals surface area contributed by atoms with E-state index >= 15 is 0 Å². The Morgan fingerprint density at radius 1 is 1.43 bits per heavy atom. The molecule has 0 saturated carbocycles. The molecule has 1 N–H and O–H groups in total. The first-order valence-corrected chi connectivity index (χ1v) is 8.43. The zero-order valence-electron chi connectivity index (χ0n) is 12.4. The average Bonchev–Trinajstić information content (AvgIpc) is 2.45.